The van der Waals surface area contributed by atoms with Crippen LogP contribution in [0.3, 0.4) is 0 Å². The van der Waals surface area contributed by atoms with Crippen LogP contribution in [0.2, 0.25) is 0 Å². The molecule has 16 nitrogen and oxygen atoms in total. The highest BCUT2D eigenvalue weighted by Gasteiger charge is 2.38. The molecule has 0 unspecified atom stereocenters. The van der Waals surface area contributed by atoms with Crippen molar-refractivity contribution in [3.8, 4) is 11.1 Å². The summed E-state index contributed by atoms with van der Waals surface area (Å²) in [6.45, 7) is 14.5. The van der Waals surface area contributed by atoms with Crippen molar-refractivity contribution in [3.05, 3.63) is 83.6 Å². The molecule has 368 valence electrons. The highest BCUT2D eigenvalue weighted by Crippen LogP contribution is 2.30. The first-order chi connectivity index (χ1) is 31.8. The Morgan fingerprint density at radius 2 is 1.47 bits per heavy atom. The Labute approximate surface area is 393 Å². The number of aliphatic carboxylic acids is 1. The molecule has 1 aliphatic heterocycles. The molecule has 4 aromatic rings. The maximum Gasteiger partial charge on any atom is 0.490 e. The van der Waals surface area contributed by atoms with E-state index in [1.54, 1.807) is 11.1 Å². The molecule has 6 rings (SSSR count). The Morgan fingerprint density at radius 1 is 0.838 bits per heavy atom. The van der Waals surface area contributed by atoms with Crippen LogP contribution >= 0.6 is 0 Å². The number of rotatable bonds is 11. The standard InChI is InChI=1S/C47H61N7O7.C2HF3O2/c1-29-24-34(42(56)50-36-20-22-54(23-21-36)45(59)61-47(5,6)7)17-19-38(29)32-12-8-30(9-13-32)25-40(43(57)51-37-18-16-35-28-49-53-39(35)26-37)52-41(55)33-14-10-31(11-15-33)27-48-44(58)60-46(2,3)4;3-2(4,5)1(6)7/h8-9,12-13,16-19,24,26,28,31,33,36,40H,10-11,14-15,20-23,25,27H2,1-7H3,(H,48,58)(H,49,53)(H,50,56)(H,51,57)(H,52,55);(H,6,7)/t31?,33?,40-;/m0./s1. The number of hydrogen-bond donors (Lipinski definition) is 6. The van der Waals surface area contributed by atoms with Gasteiger partial charge in [0.2, 0.25) is 11.8 Å². The van der Waals surface area contributed by atoms with E-state index in [9.17, 15) is 37.1 Å². The number of aromatic amines is 1. The van der Waals surface area contributed by atoms with Crippen LogP contribution in [0.4, 0.5) is 28.4 Å². The molecule has 0 radical (unpaired) electrons. The number of aryl methyl sites for hydroxylation is 1. The minimum Gasteiger partial charge on any atom is -0.475 e. The molecule has 2 aliphatic rings. The van der Waals surface area contributed by atoms with Gasteiger partial charge in [0.25, 0.3) is 5.91 Å². The van der Waals surface area contributed by atoms with E-state index < -0.39 is 35.5 Å². The molecule has 0 bridgehead atoms. The van der Waals surface area contributed by atoms with Gasteiger partial charge in [0.15, 0.2) is 0 Å². The van der Waals surface area contributed by atoms with Crippen LogP contribution in [0.1, 0.15) is 102 Å². The molecule has 2 fully saturated rings. The first kappa shape index (κ1) is 52.3. The predicted molar refractivity (Wildman–Crippen MR) is 249 cm³/mol. The summed E-state index contributed by atoms with van der Waals surface area (Å²) in [4.78, 5) is 76.1. The zero-order valence-electron chi connectivity index (χ0n) is 39.5. The number of anilines is 1. The average Bonchev–Trinajstić information content (AvgIpc) is 3.73. The van der Waals surface area contributed by atoms with Gasteiger partial charge in [0.05, 0.1) is 11.7 Å². The molecular weight excluding hydrogens is 888 g/mol. The van der Waals surface area contributed by atoms with Crippen molar-refractivity contribution in [1.82, 2.24) is 31.0 Å². The highest BCUT2D eigenvalue weighted by molar-refractivity contribution is 5.99. The second kappa shape index (κ2) is 22.4. The summed E-state index contributed by atoms with van der Waals surface area (Å²) in [7, 11) is 0. The zero-order valence-corrected chi connectivity index (χ0v) is 39.5. The molecule has 1 saturated heterocycles. The molecule has 5 amide bonds. The SMILES string of the molecule is Cc1cc(C(=O)NC2CCN(C(=O)OC(C)(C)C)CC2)ccc1-c1ccc(C[C@H](NC(=O)C2CCC(CNC(=O)OC(C)(C)C)CC2)C(=O)Nc2ccc3cn[nH]c3c2)cc1.O=C(O)C(F)(F)F. The zero-order chi connectivity index (χ0) is 50.0. The quantitative estimate of drug-likeness (QED) is 0.0844. The van der Waals surface area contributed by atoms with Crippen LogP contribution < -0.4 is 21.3 Å². The van der Waals surface area contributed by atoms with Gasteiger partial charge in [-0.3, -0.25) is 19.5 Å². The molecule has 19 heteroatoms. The second-order valence-corrected chi connectivity index (χ2v) is 19.3. The number of nitrogens with one attached hydrogen (secondary N) is 5. The number of halogens is 3. The van der Waals surface area contributed by atoms with E-state index in [0.717, 1.165) is 46.0 Å². The molecule has 1 aliphatic carbocycles. The van der Waals surface area contributed by atoms with E-state index in [1.165, 1.54) is 0 Å². The van der Waals surface area contributed by atoms with Gasteiger partial charge in [0.1, 0.15) is 17.2 Å². The fraction of sp³-hybridized carbons (Fsp3) is 0.490. The Kier molecular flexibility index (Phi) is 17.3. The number of H-pyrrole nitrogens is 1. The second-order valence-electron chi connectivity index (χ2n) is 19.3. The summed E-state index contributed by atoms with van der Waals surface area (Å²) < 4.78 is 42.6. The number of ether oxygens (including phenoxy) is 2. The predicted octanol–water partition coefficient (Wildman–Crippen LogP) is 8.30. The summed E-state index contributed by atoms with van der Waals surface area (Å²) in [6, 6.07) is 18.2. The molecule has 1 saturated carbocycles. The number of carbonyl (C=O) groups is 6. The Hall–Kier alpha value is -6.66. The van der Waals surface area contributed by atoms with Crippen LogP contribution in [0.15, 0.2) is 66.9 Å². The number of amides is 5. The van der Waals surface area contributed by atoms with Crippen LogP contribution in [-0.4, -0.2) is 105 Å². The number of nitrogens with zero attached hydrogens (tertiary/aromatic N) is 2. The van der Waals surface area contributed by atoms with E-state index in [4.69, 9.17) is 19.4 Å². The first-order valence-electron chi connectivity index (χ1n) is 22.6. The molecule has 0 spiro atoms. The summed E-state index contributed by atoms with van der Waals surface area (Å²) in [5.74, 6) is -3.41. The van der Waals surface area contributed by atoms with Crippen molar-refractivity contribution < 1.29 is 56.5 Å². The minimum absolute atomic E-state index is 0.0377. The molecule has 6 N–H and O–H groups in total. The third-order valence-electron chi connectivity index (χ3n) is 11.4. The molecule has 2 heterocycles. The number of alkyl carbamates (subject to hydrolysis) is 1. The lowest BCUT2D eigenvalue weighted by Gasteiger charge is -2.33. The lowest BCUT2D eigenvalue weighted by Crippen LogP contribution is -2.48. The normalized spacial score (nSPS) is 17.2. The maximum atomic E-state index is 13.9. The van der Waals surface area contributed by atoms with Crippen molar-refractivity contribution in [3.63, 3.8) is 0 Å². The lowest BCUT2D eigenvalue weighted by molar-refractivity contribution is -0.192. The number of aromatic nitrogens is 2. The van der Waals surface area contributed by atoms with Gasteiger partial charge in [0, 0.05) is 54.7 Å². The van der Waals surface area contributed by atoms with Gasteiger partial charge in [-0.25, -0.2) is 14.4 Å². The number of piperidine rings is 1. The van der Waals surface area contributed by atoms with Crippen LogP contribution in [0.5, 0.6) is 0 Å². The van der Waals surface area contributed by atoms with E-state index in [2.05, 4.69) is 31.5 Å². The van der Waals surface area contributed by atoms with Crippen molar-refractivity contribution in [2.45, 2.75) is 123 Å². The minimum atomic E-state index is -5.08. The number of likely N-dealkylation sites (tertiary alicyclic amines) is 1. The first-order valence-corrected chi connectivity index (χ1v) is 22.6. The Morgan fingerprint density at radius 3 is 2.06 bits per heavy atom. The summed E-state index contributed by atoms with van der Waals surface area (Å²) in [5.41, 5.74) is 4.55. The van der Waals surface area contributed by atoms with Gasteiger partial charge >= 0.3 is 24.3 Å². The largest absolute Gasteiger partial charge is 0.490 e. The number of carbonyl (C=O) groups excluding carboxylic acids is 5. The van der Waals surface area contributed by atoms with Gasteiger partial charge in [-0.15, -0.1) is 0 Å². The summed E-state index contributed by atoms with van der Waals surface area (Å²) in [5, 5.41) is 27.1. The third-order valence-corrected chi connectivity index (χ3v) is 11.4. The number of carboxylic acid groups (broad SMARTS) is 1. The van der Waals surface area contributed by atoms with Gasteiger partial charge in [-0.1, -0.05) is 30.3 Å². The Bertz CT molecular complexity index is 2410. The van der Waals surface area contributed by atoms with Crippen molar-refractivity contribution >= 4 is 52.5 Å². The van der Waals surface area contributed by atoms with Crippen molar-refractivity contribution in [2.24, 2.45) is 11.8 Å². The van der Waals surface area contributed by atoms with E-state index >= 15 is 0 Å². The number of carboxylic acids is 1. The lowest BCUT2D eigenvalue weighted by atomic mass is 9.81. The van der Waals surface area contributed by atoms with Crippen LogP contribution in [-0.2, 0) is 30.3 Å². The van der Waals surface area contributed by atoms with Gasteiger partial charge in [-0.2, -0.15) is 18.3 Å². The molecule has 1 aromatic heterocycles. The topological polar surface area (TPSA) is 221 Å². The fourth-order valence-corrected chi connectivity index (χ4v) is 7.90. The van der Waals surface area contributed by atoms with E-state index in [1.807, 2.05) is 109 Å². The maximum absolute atomic E-state index is 13.9. The average molecular weight is 950 g/mol. The number of alkyl halides is 3. The molecule has 3 aromatic carbocycles. The van der Waals surface area contributed by atoms with Crippen LogP contribution in [0.25, 0.3) is 22.0 Å². The molecule has 68 heavy (non-hydrogen) atoms. The summed E-state index contributed by atoms with van der Waals surface area (Å²) in [6.07, 6.45) is 0.294. The summed E-state index contributed by atoms with van der Waals surface area (Å²) >= 11 is 0. The fourth-order valence-electron chi connectivity index (χ4n) is 7.90. The monoisotopic (exact) mass is 949 g/mol. The smallest absolute Gasteiger partial charge is 0.475 e. The molecule has 1 atom stereocenters. The van der Waals surface area contributed by atoms with Gasteiger partial charge in [-0.05, 0) is 145 Å². The van der Waals surface area contributed by atoms with Crippen molar-refractivity contribution in [2.75, 3.05) is 25.0 Å². The highest BCUT2D eigenvalue weighted by atomic mass is 19.4. The number of hydrogen-bond acceptors (Lipinski definition) is 9. The van der Waals surface area contributed by atoms with Crippen LogP contribution in [0, 0.1) is 18.8 Å². The number of benzene rings is 3. The number of fused-ring (bicyclic) bond motifs is 1. The Balaban J connectivity index is 0.00000114. The van der Waals surface area contributed by atoms with E-state index in [0.29, 0.717) is 56.6 Å². The third kappa shape index (κ3) is 16.0. The molecular formula is C49H62F3N7O9. The van der Waals surface area contributed by atoms with E-state index in [-0.39, 0.29) is 48.1 Å². The van der Waals surface area contributed by atoms with Gasteiger partial charge < -0.3 is 40.7 Å². The van der Waals surface area contributed by atoms with Crippen molar-refractivity contribution in [1.29, 1.82) is 0 Å².